The first-order valence-corrected chi connectivity index (χ1v) is 19.2. The molecule has 0 aliphatic heterocycles. The maximum atomic E-state index is 2.43. The molecule has 0 radical (unpaired) electrons. The van der Waals surface area contributed by atoms with Crippen LogP contribution >= 0.6 is 0 Å². The monoisotopic (exact) mass is 690 g/mol. The molecule has 0 heteroatoms. The van der Waals surface area contributed by atoms with Crippen LogP contribution in [0, 0.1) is 0 Å². The zero-order valence-electron chi connectivity index (χ0n) is 31.3. The standard InChI is InChI=1S/C54H42/c1-53(2)49-31-41(36-14-9-6-10-15-36)22-26-45(49)46-27-23-42(32-50(46)53)37-18-20-38(21-19-37)43-24-28-47-48-29-25-44(34-52(48)54(3,4)51(47)33-43)40-17-11-16-39(30-40)35-12-7-5-8-13-35/h5-34H,1-4H3. The highest BCUT2D eigenvalue weighted by Crippen LogP contribution is 2.52. The molecule has 0 atom stereocenters. The van der Waals surface area contributed by atoms with E-state index >= 15 is 0 Å². The van der Waals surface area contributed by atoms with Crippen molar-refractivity contribution < 1.29 is 0 Å². The Kier molecular flexibility index (Phi) is 7.29. The average molecular weight is 691 g/mol. The van der Waals surface area contributed by atoms with E-state index in [1.807, 2.05) is 0 Å². The summed E-state index contributed by atoms with van der Waals surface area (Å²) in [5.74, 6) is 0. The van der Waals surface area contributed by atoms with Crippen molar-refractivity contribution >= 4 is 0 Å². The molecule has 0 saturated heterocycles. The normalized spacial score (nSPS) is 14.2. The number of benzene rings is 8. The van der Waals surface area contributed by atoms with Crippen LogP contribution in [0.1, 0.15) is 49.9 Å². The number of rotatable bonds is 5. The van der Waals surface area contributed by atoms with Crippen LogP contribution in [0.5, 0.6) is 0 Å². The third-order valence-corrected chi connectivity index (χ3v) is 12.3. The highest BCUT2D eigenvalue weighted by atomic mass is 14.4. The van der Waals surface area contributed by atoms with E-state index in [9.17, 15) is 0 Å². The van der Waals surface area contributed by atoms with Gasteiger partial charge in [-0.15, -0.1) is 0 Å². The molecule has 8 aromatic carbocycles. The number of fused-ring (bicyclic) bond motifs is 6. The van der Waals surface area contributed by atoms with Gasteiger partial charge < -0.3 is 0 Å². The van der Waals surface area contributed by atoms with Crippen LogP contribution in [-0.4, -0.2) is 0 Å². The Morgan fingerprint density at radius 2 is 0.463 bits per heavy atom. The molecule has 0 spiro atoms. The van der Waals surface area contributed by atoms with Gasteiger partial charge in [0.05, 0.1) is 0 Å². The predicted octanol–water partition coefficient (Wildman–Crippen LogP) is 14.6. The van der Waals surface area contributed by atoms with E-state index in [-0.39, 0.29) is 10.8 Å². The lowest BCUT2D eigenvalue weighted by atomic mass is 9.80. The molecule has 0 aromatic heterocycles. The maximum Gasteiger partial charge on any atom is 0.0159 e. The van der Waals surface area contributed by atoms with E-state index in [0.29, 0.717) is 0 Å². The molecule has 258 valence electrons. The summed E-state index contributed by atoms with van der Waals surface area (Å²) in [5.41, 5.74) is 23.4. The molecule has 0 heterocycles. The molecule has 2 aliphatic rings. The van der Waals surface area contributed by atoms with Gasteiger partial charge in [-0.3, -0.25) is 0 Å². The van der Waals surface area contributed by atoms with Crippen LogP contribution in [0.2, 0.25) is 0 Å². The number of hydrogen-bond acceptors (Lipinski definition) is 0. The largest absolute Gasteiger partial charge is 0.0622 e. The van der Waals surface area contributed by atoms with Gasteiger partial charge in [0.1, 0.15) is 0 Å². The van der Waals surface area contributed by atoms with Gasteiger partial charge in [-0.1, -0.05) is 179 Å². The summed E-state index contributed by atoms with van der Waals surface area (Å²) in [6.45, 7) is 9.50. The second kappa shape index (κ2) is 12.2. The van der Waals surface area contributed by atoms with Crippen LogP contribution in [0.25, 0.3) is 77.9 Å². The first kappa shape index (κ1) is 32.4. The van der Waals surface area contributed by atoms with Crippen LogP contribution in [0.4, 0.5) is 0 Å². The molecule has 8 aromatic rings. The SMILES string of the molecule is CC1(C)c2cc(-c3ccccc3)ccc2-c2ccc(-c3ccc(-c4ccc5c(c4)C(C)(C)c4cc(-c6cccc(-c7ccccc7)c6)ccc4-5)cc3)cc21. The van der Waals surface area contributed by atoms with E-state index in [1.54, 1.807) is 0 Å². The van der Waals surface area contributed by atoms with Gasteiger partial charge in [0.15, 0.2) is 0 Å². The first-order chi connectivity index (χ1) is 26.3. The zero-order valence-corrected chi connectivity index (χ0v) is 31.3. The summed E-state index contributed by atoms with van der Waals surface area (Å²) in [6.07, 6.45) is 0. The highest BCUT2D eigenvalue weighted by Gasteiger charge is 2.37. The Morgan fingerprint density at radius 3 is 0.815 bits per heavy atom. The Bertz CT molecular complexity index is 2730. The van der Waals surface area contributed by atoms with Crippen LogP contribution in [0.15, 0.2) is 182 Å². The molecule has 2 aliphatic carbocycles. The molecule has 0 amide bonds. The van der Waals surface area contributed by atoms with Crippen molar-refractivity contribution in [3.05, 3.63) is 204 Å². The van der Waals surface area contributed by atoms with Crippen molar-refractivity contribution in [2.24, 2.45) is 0 Å². The molecular weight excluding hydrogens is 649 g/mol. The first-order valence-electron chi connectivity index (χ1n) is 19.2. The van der Waals surface area contributed by atoms with Gasteiger partial charge in [0.25, 0.3) is 0 Å². The average Bonchev–Trinajstić information content (AvgIpc) is 3.59. The van der Waals surface area contributed by atoms with Gasteiger partial charge in [-0.2, -0.15) is 0 Å². The molecule has 0 saturated carbocycles. The molecule has 0 bridgehead atoms. The highest BCUT2D eigenvalue weighted by molar-refractivity contribution is 5.88. The summed E-state index contributed by atoms with van der Waals surface area (Å²) < 4.78 is 0. The van der Waals surface area contributed by atoms with Crippen molar-refractivity contribution in [1.29, 1.82) is 0 Å². The molecule has 0 fully saturated rings. The Labute approximate surface area is 319 Å². The van der Waals surface area contributed by atoms with E-state index in [2.05, 4.69) is 210 Å². The van der Waals surface area contributed by atoms with Crippen molar-refractivity contribution in [3.8, 4) is 77.9 Å². The van der Waals surface area contributed by atoms with Gasteiger partial charge in [-0.25, -0.2) is 0 Å². The van der Waals surface area contributed by atoms with Crippen molar-refractivity contribution in [1.82, 2.24) is 0 Å². The van der Waals surface area contributed by atoms with Crippen molar-refractivity contribution in [3.63, 3.8) is 0 Å². The minimum Gasteiger partial charge on any atom is -0.0622 e. The third kappa shape index (κ3) is 5.12. The third-order valence-electron chi connectivity index (χ3n) is 12.3. The van der Waals surface area contributed by atoms with E-state index < -0.39 is 0 Å². The Balaban J connectivity index is 0.929. The molecule has 0 unspecified atom stereocenters. The summed E-state index contributed by atoms with van der Waals surface area (Å²) in [4.78, 5) is 0. The summed E-state index contributed by atoms with van der Waals surface area (Å²) >= 11 is 0. The predicted molar refractivity (Wildman–Crippen MR) is 229 cm³/mol. The van der Waals surface area contributed by atoms with Crippen LogP contribution in [-0.2, 0) is 10.8 Å². The maximum absolute atomic E-state index is 2.43. The summed E-state index contributed by atoms with van der Waals surface area (Å²) in [7, 11) is 0. The summed E-state index contributed by atoms with van der Waals surface area (Å²) in [6, 6.07) is 67.6. The molecule has 0 N–H and O–H groups in total. The number of hydrogen-bond donors (Lipinski definition) is 0. The van der Waals surface area contributed by atoms with E-state index in [0.717, 1.165) is 0 Å². The van der Waals surface area contributed by atoms with Crippen molar-refractivity contribution in [2.45, 2.75) is 38.5 Å². The second-order valence-corrected chi connectivity index (χ2v) is 16.2. The fourth-order valence-corrected chi connectivity index (χ4v) is 9.19. The molecule has 54 heavy (non-hydrogen) atoms. The topological polar surface area (TPSA) is 0 Å². The van der Waals surface area contributed by atoms with Crippen LogP contribution in [0.3, 0.4) is 0 Å². The minimum absolute atomic E-state index is 0.0762. The van der Waals surface area contributed by atoms with Gasteiger partial charge in [0, 0.05) is 10.8 Å². The lowest BCUT2D eigenvalue weighted by molar-refractivity contribution is 0.660. The van der Waals surface area contributed by atoms with E-state index in [1.165, 1.54) is 100 Å². The molecule has 10 rings (SSSR count). The second-order valence-electron chi connectivity index (χ2n) is 16.2. The van der Waals surface area contributed by atoms with Gasteiger partial charge in [0.2, 0.25) is 0 Å². The van der Waals surface area contributed by atoms with E-state index in [4.69, 9.17) is 0 Å². The lowest BCUT2D eigenvalue weighted by Crippen LogP contribution is -2.15. The minimum atomic E-state index is -0.107. The zero-order chi connectivity index (χ0) is 36.6. The fraction of sp³-hybridized carbons (Fsp3) is 0.111. The Morgan fingerprint density at radius 1 is 0.222 bits per heavy atom. The van der Waals surface area contributed by atoms with Gasteiger partial charge in [-0.05, 0) is 130 Å². The van der Waals surface area contributed by atoms with Crippen LogP contribution < -0.4 is 0 Å². The molecular formula is C54H42. The van der Waals surface area contributed by atoms with Crippen molar-refractivity contribution in [2.75, 3.05) is 0 Å². The smallest absolute Gasteiger partial charge is 0.0159 e. The van der Waals surface area contributed by atoms with Gasteiger partial charge >= 0.3 is 0 Å². The Hall–Kier alpha value is -6.24. The molecule has 0 nitrogen and oxygen atoms in total. The fourth-order valence-electron chi connectivity index (χ4n) is 9.19. The summed E-state index contributed by atoms with van der Waals surface area (Å²) in [5, 5.41) is 0. The lowest BCUT2D eigenvalue weighted by Gasteiger charge is -2.23. The quantitative estimate of drug-likeness (QED) is 0.169.